The number of nitrogens with zero attached hydrogens (tertiary/aromatic N) is 1. The lowest BCUT2D eigenvalue weighted by molar-refractivity contribution is -0.433. The van der Waals surface area contributed by atoms with Gasteiger partial charge in [0.15, 0.2) is 5.84 Å². The van der Waals surface area contributed by atoms with Crippen LogP contribution in [-0.4, -0.2) is 22.8 Å². The minimum atomic E-state index is 0.272. The summed E-state index contributed by atoms with van der Waals surface area (Å²) < 4.78 is 0. The lowest BCUT2D eigenvalue weighted by Gasteiger charge is -2.32. The summed E-state index contributed by atoms with van der Waals surface area (Å²) in [5, 5.41) is 0. The summed E-state index contributed by atoms with van der Waals surface area (Å²) in [6.07, 6.45) is 2.72. The summed E-state index contributed by atoms with van der Waals surface area (Å²) >= 11 is 0. The number of rotatable bonds is 2. The van der Waals surface area contributed by atoms with E-state index in [2.05, 4.69) is 36.9 Å². The Bertz CT molecular complexity index is 253. The predicted octanol–water partition coefficient (Wildman–Crippen LogP) is -0.436. The van der Waals surface area contributed by atoms with Crippen LogP contribution in [0.1, 0.15) is 20.3 Å². The molecule has 0 aromatic carbocycles. The number of nitrogens with one attached hydrogen (secondary N) is 1. The Morgan fingerprint density at radius 2 is 2.31 bits per heavy atom. The first kappa shape index (κ1) is 9.84. The van der Waals surface area contributed by atoms with E-state index in [1.165, 1.54) is 0 Å². The van der Waals surface area contributed by atoms with E-state index in [4.69, 9.17) is 5.73 Å². The molecule has 13 heavy (non-hydrogen) atoms. The molecule has 1 aliphatic heterocycles. The van der Waals surface area contributed by atoms with E-state index in [0.717, 1.165) is 18.1 Å². The van der Waals surface area contributed by atoms with Gasteiger partial charge in [0.1, 0.15) is 6.04 Å². The molecule has 0 aromatic rings. The molecule has 3 heteroatoms. The molecule has 1 unspecified atom stereocenters. The Balaban J connectivity index is 2.92. The van der Waals surface area contributed by atoms with Crippen LogP contribution in [0.4, 0.5) is 0 Å². The molecule has 1 atom stereocenters. The number of nitrogens with two attached hydrogens (primary N) is 1. The van der Waals surface area contributed by atoms with E-state index in [1.807, 2.05) is 6.08 Å². The first-order valence-corrected chi connectivity index (χ1v) is 4.54. The lowest BCUT2D eigenvalue weighted by atomic mass is 10.1. The molecule has 0 fully saturated rings. The number of hydrogen-bond acceptors (Lipinski definition) is 2. The zero-order valence-electron chi connectivity index (χ0n) is 8.38. The van der Waals surface area contributed by atoms with E-state index in [1.54, 1.807) is 0 Å². The Labute approximate surface area is 79.6 Å². The van der Waals surface area contributed by atoms with Crippen LogP contribution in [0.2, 0.25) is 0 Å². The topological polar surface area (TPSA) is 43.2 Å². The largest absolute Gasteiger partial charge is 0.322 e. The molecule has 0 saturated heterocycles. The van der Waals surface area contributed by atoms with Gasteiger partial charge < -0.3 is 5.73 Å². The predicted molar refractivity (Wildman–Crippen MR) is 54.9 cm³/mol. The van der Waals surface area contributed by atoms with E-state index in [0.29, 0.717) is 6.04 Å². The van der Waals surface area contributed by atoms with Crippen molar-refractivity contribution >= 4 is 5.84 Å². The van der Waals surface area contributed by atoms with E-state index in [-0.39, 0.29) is 6.04 Å². The van der Waals surface area contributed by atoms with E-state index < -0.39 is 0 Å². The minimum absolute atomic E-state index is 0.272. The second-order valence-corrected chi connectivity index (χ2v) is 3.61. The van der Waals surface area contributed by atoms with Gasteiger partial charge in [-0.1, -0.05) is 12.7 Å². The highest BCUT2D eigenvalue weighted by atomic mass is 15.3. The fourth-order valence-electron chi connectivity index (χ4n) is 1.72. The van der Waals surface area contributed by atoms with Crippen LogP contribution >= 0.6 is 0 Å². The van der Waals surface area contributed by atoms with Crippen molar-refractivity contribution in [3.05, 3.63) is 25.1 Å². The van der Waals surface area contributed by atoms with Gasteiger partial charge in [-0.05, 0) is 20.4 Å². The minimum Gasteiger partial charge on any atom is -0.322 e. The molecule has 0 bridgehead atoms. The second kappa shape index (κ2) is 3.64. The molecule has 0 amide bonds. The first-order chi connectivity index (χ1) is 6.06. The van der Waals surface area contributed by atoms with Crippen molar-refractivity contribution < 1.29 is 4.99 Å². The summed E-state index contributed by atoms with van der Waals surface area (Å²) in [4.78, 5) is 5.24. The average molecular weight is 180 g/mol. The van der Waals surface area contributed by atoms with Crippen molar-refractivity contribution in [2.24, 2.45) is 5.73 Å². The van der Waals surface area contributed by atoms with Crippen LogP contribution in [0, 0.1) is 0 Å². The Morgan fingerprint density at radius 3 is 2.77 bits per heavy atom. The first-order valence-electron chi connectivity index (χ1n) is 4.54. The Morgan fingerprint density at radius 1 is 1.69 bits per heavy atom. The Kier molecular flexibility index (Phi) is 2.76. The number of amidine groups is 1. The van der Waals surface area contributed by atoms with E-state index >= 15 is 0 Å². The van der Waals surface area contributed by atoms with Gasteiger partial charge in [0.05, 0.1) is 12.5 Å². The van der Waals surface area contributed by atoms with Gasteiger partial charge in [0, 0.05) is 0 Å². The maximum Gasteiger partial charge on any atom is 0.214 e. The fourth-order valence-corrected chi connectivity index (χ4v) is 1.72. The molecule has 3 N–H and O–H groups in total. The van der Waals surface area contributed by atoms with Gasteiger partial charge in [-0.3, -0.25) is 9.89 Å². The van der Waals surface area contributed by atoms with E-state index in [9.17, 15) is 0 Å². The van der Waals surface area contributed by atoms with Crippen molar-refractivity contribution in [3.63, 3.8) is 0 Å². The molecular weight excluding hydrogens is 162 g/mol. The van der Waals surface area contributed by atoms with Crippen molar-refractivity contribution in [1.29, 1.82) is 0 Å². The van der Waals surface area contributed by atoms with Gasteiger partial charge in [0.25, 0.3) is 0 Å². The van der Waals surface area contributed by atoms with Crippen molar-refractivity contribution in [3.8, 4) is 0 Å². The molecule has 0 saturated carbocycles. The molecule has 0 aromatic heterocycles. The van der Waals surface area contributed by atoms with Gasteiger partial charge in [-0.25, -0.2) is 0 Å². The highest BCUT2D eigenvalue weighted by molar-refractivity contribution is 5.76. The lowest BCUT2D eigenvalue weighted by Crippen LogP contribution is -2.81. The SMILES string of the molecule is C=CC1CC(N)=[NH+]C(=C)N1C(C)C. The monoisotopic (exact) mass is 180 g/mol. The van der Waals surface area contributed by atoms with Crippen molar-refractivity contribution in [1.82, 2.24) is 4.90 Å². The third-order valence-corrected chi connectivity index (χ3v) is 2.23. The van der Waals surface area contributed by atoms with Crippen molar-refractivity contribution in [2.45, 2.75) is 32.4 Å². The summed E-state index contributed by atoms with van der Waals surface area (Å²) in [5.74, 6) is 1.63. The molecule has 1 aliphatic rings. The van der Waals surface area contributed by atoms with Crippen LogP contribution in [0.25, 0.3) is 0 Å². The molecule has 3 nitrogen and oxygen atoms in total. The third-order valence-electron chi connectivity index (χ3n) is 2.23. The molecule has 0 spiro atoms. The molecule has 0 aliphatic carbocycles. The second-order valence-electron chi connectivity index (χ2n) is 3.61. The summed E-state index contributed by atoms with van der Waals surface area (Å²) in [7, 11) is 0. The smallest absolute Gasteiger partial charge is 0.214 e. The molecule has 1 heterocycles. The molecule has 0 radical (unpaired) electrons. The highest BCUT2D eigenvalue weighted by Crippen LogP contribution is 2.14. The fraction of sp³-hybridized carbons (Fsp3) is 0.500. The standard InChI is InChI=1S/C10H17N3/c1-5-9-6-10(11)12-8(4)13(9)7(2)3/h5,7,9H,1,4,6H2,2-3H3,(H2,11,12)/p+1. The van der Waals surface area contributed by atoms with Crippen molar-refractivity contribution in [2.75, 3.05) is 0 Å². The highest BCUT2D eigenvalue weighted by Gasteiger charge is 2.29. The van der Waals surface area contributed by atoms with Crippen LogP contribution in [0.3, 0.4) is 0 Å². The molecular formula is C10H18N3+. The maximum absolute atomic E-state index is 5.72. The van der Waals surface area contributed by atoms with Crippen LogP contribution in [0.15, 0.2) is 25.1 Å². The van der Waals surface area contributed by atoms with Gasteiger partial charge in [-0.2, -0.15) is 0 Å². The van der Waals surface area contributed by atoms with Gasteiger partial charge in [-0.15, -0.1) is 0 Å². The third kappa shape index (κ3) is 1.91. The zero-order valence-corrected chi connectivity index (χ0v) is 8.38. The maximum atomic E-state index is 5.72. The average Bonchev–Trinajstić information content (AvgIpc) is 2.01. The van der Waals surface area contributed by atoms with Gasteiger partial charge in [0.2, 0.25) is 5.82 Å². The number of hydrogen-bond donors (Lipinski definition) is 2. The summed E-state index contributed by atoms with van der Waals surface area (Å²) in [6.45, 7) is 12.0. The molecule has 1 rings (SSSR count). The molecule has 72 valence electrons. The van der Waals surface area contributed by atoms with Crippen LogP contribution in [-0.2, 0) is 0 Å². The summed E-state index contributed by atoms with van der Waals surface area (Å²) in [5.41, 5.74) is 5.72. The Hall–Kier alpha value is -1.25. The quantitative estimate of drug-likeness (QED) is 0.566. The van der Waals surface area contributed by atoms with Crippen LogP contribution in [0.5, 0.6) is 0 Å². The van der Waals surface area contributed by atoms with Crippen LogP contribution < -0.4 is 10.7 Å². The normalized spacial score (nSPS) is 23.3. The summed E-state index contributed by atoms with van der Waals surface area (Å²) in [6, 6.07) is 0.685. The van der Waals surface area contributed by atoms with Gasteiger partial charge >= 0.3 is 0 Å². The zero-order chi connectivity index (χ0) is 10.0.